The molecule has 0 unspecified atom stereocenters. The molecule has 2 N–H and O–H groups in total. The van der Waals surface area contributed by atoms with Crippen molar-refractivity contribution in [3.05, 3.63) is 105 Å². The molecule has 0 aliphatic rings. The van der Waals surface area contributed by atoms with Crippen molar-refractivity contribution >= 4 is 58.0 Å². The number of hydrogen-bond donors (Lipinski definition) is 2. The highest BCUT2D eigenvalue weighted by atomic mass is 35.5. The summed E-state index contributed by atoms with van der Waals surface area (Å²) in [5, 5.41) is 6.83. The molecule has 0 fully saturated rings. The fourth-order valence-electron chi connectivity index (χ4n) is 2.93. The molecule has 0 aliphatic heterocycles. The van der Waals surface area contributed by atoms with Crippen molar-refractivity contribution in [3.63, 3.8) is 0 Å². The van der Waals surface area contributed by atoms with E-state index in [2.05, 4.69) is 10.6 Å². The van der Waals surface area contributed by atoms with Crippen molar-refractivity contribution in [1.82, 2.24) is 0 Å². The van der Waals surface area contributed by atoms with Crippen molar-refractivity contribution < 1.29 is 14.0 Å². The molecule has 0 bridgehead atoms. The summed E-state index contributed by atoms with van der Waals surface area (Å²) in [5.74, 6) is -0.0286. The second-order valence-electron chi connectivity index (χ2n) is 6.78. The number of amides is 2. The molecule has 0 aliphatic carbocycles. The molecule has 4 rings (SSSR count). The van der Waals surface area contributed by atoms with Gasteiger partial charge in [-0.3, -0.25) is 9.59 Å². The Balaban J connectivity index is 1.40. The predicted octanol–water partition coefficient (Wildman–Crippen LogP) is 7.41. The van der Waals surface area contributed by atoms with Crippen LogP contribution < -0.4 is 10.6 Å². The topological polar surface area (TPSA) is 71.3 Å². The zero-order chi connectivity index (χ0) is 22.7. The molecule has 1 aromatic heterocycles. The maximum atomic E-state index is 12.5. The molecule has 32 heavy (non-hydrogen) atoms. The van der Waals surface area contributed by atoms with Gasteiger partial charge < -0.3 is 15.1 Å². The minimum absolute atomic E-state index is 0.171. The fourth-order valence-corrected chi connectivity index (χ4v) is 3.55. The molecule has 5 nitrogen and oxygen atoms in total. The first-order valence-electron chi connectivity index (χ1n) is 9.42. The Kier molecular flexibility index (Phi) is 6.51. The standard InChI is InChI=1S/C24H15Cl3N2O3/c25-15-3-1-14(2-4-15)21-11-12-22(32-21)24(31)29-18-8-6-17(7-9-18)28-23(30)19-10-5-16(26)13-20(19)27/h1-13H,(H,28,30)(H,29,31). The Morgan fingerprint density at radius 2 is 1.25 bits per heavy atom. The van der Waals surface area contributed by atoms with E-state index < -0.39 is 5.91 Å². The average molecular weight is 486 g/mol. The van der Waals surface area contributed by atoms with Crippen LogP contribution in [-0.4, -0.2) is 11.8 Å². The van der Waals surface area contributed by atoms with Crippen LogP contribution in [0.4, 0.5) is 11.4 Å². The molecule has 0 radical (unpaired) electrons. The average Bonchev–Trinajstić information content (AvgIpc) is 3.26. The highest BCUT2D eigenvalue weighted by Gasteiger charge is 2.14. The molecule has 8 heteroatoms. The van der Waals surface area contributed by atoms with E-state index in [0.717, 1.165) is 5.56 Å². The summed E-state index contributed by atoms with van der Waals surface area (Å²) in [5.41, 5.74) is 2.21. The SMILES string of the molecule is O=C(Nc1ccc(NC(=O)c2ccc(Cl)cc2Cl)cc1)c1ccc(-c2ccc(Cl)cc2)o1. The lowest BCUT2D eigenvalue weighted by atomic mass is 10.2. The monoisotopic (exact) mass is 484 g/mol. The number of nitrogens with one attached hydrogen (secondary N) is 2. The van der Waals surface area contributed by atoms with Crippen LogP contribution in [0.15, 0.2) is 83.3 Å². The molecule has 3 aromatic carbocycles. The van der Waals surface area contributed by atoms with E-state index in [-0.39, 0.29) is 16.7 Å². The van der Waals surface area contributed by atoms with Gasteiger partial charge in [-0.2, -0.15) is 0 Å². The van der Waals surface area contributed by atoms with E-state index in [1.807, 2.05) is 12.1 Å². The van der Waals surface area contributed by atoms with Gasteiger partial charge in [-0.25, -0.2) is 0 Å². The van der Waals surface area contributed by atoms with E-state index in [1.54, 1.807) is 60.7 Å². The van der Waals surface area contributed by atoms with E-state index in [1.165, 1.54) is 6.07 Å². The van der Waals surface area contributed by atoms with Gasteiger partial charge >= 0.3 is 0 Å². The summed E-state index contributed by atoms with van der Waals surface area (Å²) in [7, 11) is 0. The van der Waals surface area contributed by atoms with Gasteiger partial charge in [-0.15, -0.1) is 0 Å². The first-order chi connectivity index (χ1) is 15.4. The fraction of sp³-hybridized carbons (Fsp3) is 0. The minimum Gasteiger partial charge on any atom is -0.451 e. The first-order valence-corrected chi connectivity index (χ1v) is 10.6. The van der Waals surface area contributed by atoms with Crippen LogP contribution in [0.25, 0.3) is 11.3 Å². The minimum atomic E-state index is -0.394. The number of rotatable bonds is 5. The number of hydrogen-bond acceptors (Lipinski definition) is 3. The summed E-state index contributed by atoms with van der Waals surface area (Å²) in [6.45, 7) is 0. The first kappa shape index (κ1) is 22.0. The highest BCUT2D eigenvalue weighted by molar-refractivity contribution is 6.37. The Labute approximate surface area is 198 Å². The number of furan rings is 1. The lowest BCUT2D eigenvalue weighted by Gasteiger charge is -2.08. The van der Waals surface area contributed by atoms with Crippen molar-refractivity contribution in [3.8, 4) is 11.3 Å². The van der Waals surface area contributed by atoms with Crippen LogP contribution in [0.5, 0.6) is 0 Å². The molecular formula is C24H15Cl3N2O3. The summed E-state index contributed by atoms with van der Waals surface area (Å²) < 4.78 is 5.65. The highest BCUT2D eigenvalue weighted by Crippen LogP contribution is 2.25. The van der Waals surface area contributed by atoms with Gasteiger partial charge in [0, 0.05) is 27.0 Å². The van der Waals surface area contributed by atoms with Gasteiger partial charge in [0.05, 0.1) is 10.6 Å². The van der Waals surface area contributed by atoms with Crippen LogP contribution in [0.3, 0.4) is 0 Å². The number of halogens is 3. The van der Waals surface area contributed by atoms with E-state index in [0.29, 0.717) is 32.7 Å². The molecule has 0 saturated carbocycles. The van der Waals surface area contributed by atoms with Crippen LogP contribution >= 0.6 is 34.8 Å². The van der Waals surface area contributed by atoms with Crippen LogP contribution in [0.1, 0.15) is 20.9 Å². The van der Waals surface area contributed by atoms with Gasteiger partial charge in [0.2, 0.25) is 0 Å². The second kappa shape index (κ2) is 9.49. The van der Waals surface area contributed by atoms with E-state index >= 15 is 0 Å². The number of carbonyl (C=O) groups is 2. The molecule has 2 amide bonds. The van der Waals surface area contributed by atoms with Gasteiger partial charge in [-0.1, -0.05) is 34.8 Å². The summed E-state index contributed by atoms with van der Waals surface area (Å²) in [6.07, 6.45) is 0. The summed E-state index contributed by atoms with van der Waals surface area (Å²) >= 11 is 17.8. The zero-order valence-electron chi connectivity index (χ0n) is 16.4. The Morgan fingerprint density at radius 1 is 0.656 bits per heavy atom. The van der Waals surface area contributed by atoms with E-state index in [4.69, 9.17) is 39.2 Å². The molecular weight excluding hydrogens is 471 g/mol. The molecule has 0 spiro atoms. The number of benzene rings is 3. The Morgan fingerprint density at radius 3 is 1.88 bits per heavy atom. The molecule has 0 atom stereocenters. The van der Waals surface area contributed by atoms with Crippen molar-refractivity contribution in [2.75, 3.05) is 10.6 Å². The molecule has 1 heterocycles. The van der Waals surface area contributed by atoms with Crippen LogP contribution in [0.2, 0.25) is 15.1 Å². The van der Waals surface area contributed by atoms with Crippen molar-refractivity contribution in [2.24, 2.45) is 0 Å². The number of anilines is 2. The third-order valence-electron chi connectivity index (χ3n) is 4.53. The molecule has 160 valence electrons. The van der Waals surface area contributed by atoms with E-state index in [9.17, 15) is 9.59 Å². The smallest absolute Gasteiger partial charge is 0.291 e. The third kappa shape index (κ3) is 5.14. The molecule has 4 aromatic rings. The van der Waals surface area contributed by atoms with Crippen LogP contribution in [-0.2, 0) is 0 Å². The summed E-state index contributed by atoms with van der Waals surface area (Å²) in [6, 6.07) is 21.8. The van der Waals surface area contributed by atoms with Crippen molar-refractivity contribution in [1.29, 1.82) is 0 Å². The lowest BCUT2D eigenvalue weighted by Crippen LogP contribution is -2.13. The van der Waals surface area contributed by atoms with Gasteiger partial charge in [-0.05, 0) is 78.9 Å². The third-order valence-corrected chi connectivity index (χ3v) is 5.33. The van der Waals surface area contributed by atoms with Gasteiger partial charge in [0.25, 0.3) is 11.8 Å². The second-order valence-corrected chi connectivity index (χ2v) is 8.06. The quantitative estimate of drug-likeness (QED) is 0.309. The zero-order valence-corrected chi connectivity index (χ0v) is 18.6. The van der Waals surface area contributed by atoms with Crippen molar-refractivity contribution in [2.45, 2.75) is 0 Å². The maximum Gasteiger partial charge on any atom is 0.291 e. The Hall–Kier alpha value is -3.25. The maximum absolute atomic E-state index is 12.5. The lowest BCUT2D eigenvalue weighted by molar-refractivity contribution is 0.0995. The largest absolute Gasteiger partial charge is 0.451 e. The molecule has 0 saturated heterocycles. The normalized spacial score (nSPS) is 10.6. The number of carbonyl (C=O) groups excluding carboxylic acids is 2. The summed E-state index contributed by atoms with van der Waals surface area (Å²) in [4.78, 5) is 24.9. The predicted molar refractivity (Wildman–Crippen MR) is 128 cm³/mol. The van der Waals surface area contributed by atoms with Gasteiger partial charge in [0.1, 0.15) is 5.76 Å². The Bertz CT molecular complexity index is 1280. The van der Waals surface area contributed by atoms with Crippen LogP contribution in [0, 0.1) is 0 Å². The van der Waals surface area contributed by atoms with Gasteiger partial charge in [0.15, 0.2) is 5.76 Å².